The average Bonchev–Trinajstić information content (AvgIpc) is 2.78. The highest BCUT2D eigenvalue weighted by Gasteiger charge is 2.10. The Kier molecular flexibility index (Phi) is 3.62. The zero-order valence-electron chi connectivity index (χ0n) is 10.3. The molecule has 0 spiro atoms. The minimum atomic E-state index is -0.343. The highest BCUT2D eigenvalue weighted by Crippen LogP contribution is 2.17. The van der Waals surface area contributed by atoms with E-state index in [1.165, 1.54) is 0 Å². The summed E-state index contributed by atoms with van der Waals surface area (Å²) in [6, 6.07) is 10.6. The third-order valence-corrected chi connectivity index (χ3v) is 2.37. The lowest BCUT2D eigenvalue weighted by atomic mass is 10.2. The first-order valence-corrected chi connectivity index (χ1v) is 5.75. The van der Waals surface area contributed by atoms with Gasteiger partial charge in [-0.2, -0.15) is 0 Å². The van der Waals surface area contributed by atoms with Crippen LogP contribution in [0.2, 0.25) is 0 Å². The number of hydrogen-bond donors (Lipinski definition) is 2. The van der Waals surface area contributed by atoms with Crippen molar-refractivity contribution in [2.45, 2.75) is 19.8 Å². The van der Waals surface area contributed by atoms with Crippen molar-refractivity contribution >= 4 is 17.5 Å². The molecule has 0 aliphatic carbocycles. The van der Waals surface area contributed by atoms with E-state index in [-0.39, 0.29) is 11.9 Å². The van der Waals surface area contributed by atoms with Crippen LogP contribution in [0.4, 0.5) is 16.3 Å². The van der Waals surface area contributed by atoms with Crippen molar-refractivity contribution in [3.63, 3.8) is 0 Å². The van der Waals surface area contributed by atoms with Crippen molar-refractivity contribution in [2.24, 2.45) is 0 Å². The molecular weight excluding hydrogens is 230 g/mol. The van der Waals surface area contributed by atoms with Crippen molar-refractivity contribution < 1.29 is 9.32 Å². The normalized spacial score (nSPS) is 10.4. The second-order valence-electron chi connectivity index (χ2n) is 4.21. The summed E-state index contributed by atoms with van der Waals surface area (Å²) in [7, 11) is 0. The summed E-state index contributed by atoms with van der Waals surface area (Å²) in [6.45, 7) is 3.99. The second-order valence-corrected chi connectivity index (χ2v) is 4.21. The van der Waals surface area contributed by atoms with Gasteiger partial charge in [0.25, 0.3) is 0 Å². The first-order valence-electron chi connectivity index (χ1n) is 5.75. The maximum absolute atomic E-state index is 11.7. The van der Waals surface area contributed by atoms with Crippen LogP contribution in [0.15, 0.2) is 40.9 Å². The van der Waals surface area contributed by atoms with Crippen LogP contribution in [0.25, 0.3) is 0 Å². The molecule has 0 unspecified atom stereocenters. The molecule has 94 valence electrons. The second kappa shape index (κ2) is 5.35. The van der Waals surface area contributed by atoms with Gasteiger partial charge in [0, 0.05) is 17.7 Å². The number of benzene rings is 1. The Morgan fingerprint density at radius 1 is 1.22 bits per heavy atom. The van der Waals surface area contributed by atoms with E-state index in [9.17, 15) is 4.79 Å². The van der Waals surface area contributed by atoms with Crippen LogP contribution < -0.4 is 10.6 Å². The molecule has 0 saturated carbocycles. The van der Waals surface area contributed by atoms with Gasteiger partial charge in [0.05, 0.1) is 0 Å². The van der Waals surface area contributed by atoms with Crippen LogP contribution in [0.1, 0.15) is 25.5 Å². The van der Waals surface area contributed by atoms with Gasteiger partial charge in [0.2, 0.25) is 0 Å². The number of nitrogens with one attached hydrogen (secondary N) is 2. The lowest BCUT2D eigenvalue weighted by Crippen LogP contribution is -2.19. The van der Waals surface area contributed by atoms with Gasteiger partial charge in [-0.1, -0.05) is 37.2 Å². The molecule has 1 aromatic carbocycles. The van der Waals surface area contributed by atoms with Crippen LogP contribution in [0, 0.1) is 0 Å². The molecule has 5 heteroatoms. The predicted octanol–water partition coefficient (Wildman–Crippen LogP) is 3.44. The maximum Gasteiger partial charge on any atom is 0.324 e. The van der Waals surface area contributed by atoms with Crippen LogP contribution in [-0.2, 0) is 0 Å². The Morgan fingerprint density at radius 2 is 1.94 bits per heavy atom. The number of amides is 2. The fourth-order valence-electron chi connectivity index (χ4n) is 1.42. The predicted molar refractivity (Wildman–Crippen MR) is 69.7 cm³/mol. The Balaban J connectivity index is 1.95. The quantitative estimate of drug-likeness (QED) is 0.870. The van der Waals surface area contributed by atoms with Crippen LogP contribution >= 0.6 is 0 Å². The van der Waals surface area contributed by atoms with E-state index in [0.717, 1.165) is 11.4 Å². The van der Waals surface area contributed by atoms with E-state index < -0.39 is 0 Å². The fraction of sp³-hybridized carbons (Fsp3) is 0.231. The molecule has 0 saturated heterocycles. The molecule has 1 heterocycles. The highest BCUT2D eigenvalue weighted by molar-refractivity contribution is 5.99. The lowest BCUT2D eigenvalue weighted by Gasteiger charge is -2.04. The van der Waals surface area contributed by atoms with Crippen molar-refractivity contribution in [2.75, 3.05) is 10.6 Å². The van der Waals surface area contributed by atoms with Gasteiger partial charge in [0.15, 0.2) is 5.82 Å². The molecule has 1 aromatic heterocycles. The van der Waals surface area contributed by atoms with E-state index in [1.54, 1.807) is 6.07 Å². The fourth-order valence-corrected chi connectivity index (χ4v) is 1.42. The third kappa shape index (κ3) is 3.10. The highest BCUT2D eigenvalue weighted by atomic mass is 16.5. The molecule has 0 aliphatic heterocycles. The Labute approximate surface area is 105 Å². The SMILES string of the molecule is CC(C)c1cc(NC(=O)Nc2ccccc2)no1. The van der Waals surface area contributed by atoms with E-state index >= 15 is 0 Å². The number of rotatable bonds is 3. The molecule has 2 N–H and O–H groups in total. The first kappa shape index (κ1) is 12.2. The van der Waals surface area contributed by atoms with Crippen molar-refractivity contribution in [1.29, 1.82) is 0 Å². The average molecular weight is 245 g/mol. The number of carbonyl (C=O) groups is 1. The summed E-state index contributed by atoms with van der Waals surface area (Å²) in [5.41, 5.74) is 0.725. The molecule has 18 heavy (non-hydrogen) atoms. The lowest BCUT2D eigenvalue weighted by molar-refractivity contribution is 0.262. The number of aromatic nitrogens is 1. The molecule has 2 aromatic rings. The number of urea groups is 1. The largest absolute Gasteiger partial charge is 0.359 e. The van der Waals surface area contributed by atoms with E-state index in [0.29, 0.717) is 5.82 Å². The summed E-state index contributed by atoms with van der Waals surface area (Å²) < 4.78 is 5.08. The topological polar surface area (TPSA) is 67.2 Å². The molecular formula is C13H15N3O2. The standard InChI is InChI=1S/C13H15N3O2/c1-9(2)11-8-12(16-18-11)15-13(17)14-10-6-4-3-5-7-10/h3-9H,1-2H3,(H2,14,15,16,17). The van der Waals surface area contributed by atoms with Crippen LogP contribution in [0.3, 0.4) is 0 Å². The van der Waals surface area contributed by atoms with Gasteiger partial charge < -0.3 is 9.84 Å². The summed E-state index contributed by atoms with van der Waals surface area (Å²) in [6.07, 6.45) is 0. The molecule has 0 radical (unpaired) electrons. The number of para-hydroxylation sites is 1. The smallest absolute Gasteiger partial charge is 0.324 e. The van der Waals surface area contributed by atoms with Crippen molar-refractivity contribution in [1.82, 2.24) is 5.16 Å². The minimum absolute atomic E-state index is 0.241. The third-order valence-electron chi connectivity index (χ3n) is 2.37. The van der Waals surface area contributed by atoms with Gasteiger partial charge in [-0.3, -0.25) is 5.32 Å². The Bertz CT molecular complexity index is 520. The summed E-state index contributed by atoms with van der Waals surface area (Å²) in [5.74, 6) is 1.39. The molecule has 2 amide bonds. The van der Waals surface area contributed by atoms with E-state index in [2.05, 4.69) is 15.8 Å². The van der Waals surface area contributed by atoms with E-state index in [4.69, 9.17) is 4.52 Å². The Hall–Kier alpha value is -2.30. The van der Waals surface area contributed by atoms with Gasteiger partial charge in [-0.25, -0.2) is 4.79 Å². The van der Waals surface area contributed by atoms with Gasteiger partial charge in [-0.15, -0.1) is 0 Å². The summed E-state index contributed by atoms with van der Waals surface area (Å²) in [4.78, 5) is 11.7. The molecule has 0 atom stereocenters. The number of hydrogen-bond acceptors (Lipinski definition) is 3. The minimum Gasteiger partial charge on any atom is -0.359 e. The van der Waals surface area contributed by atoms with Crippen LogP contribution in [-0.4, -0.2) is 11.2 Å². The number of anilines is 2. The maximum atomic E-state index is 11.7. The van der Waals surface area contributed by atoms with Crippen molar-refractivity contribution in [3.05, 3.63) is 42.2 Å². The summed E-state index contributed by atoms with van der Waals surface area (Å²) in [5, 5.41) is 9.08. The van der Waals surface area contributed by atoms with Gasteiger partial charge in [-0.05, 0) is 12.1 Å². The number of nitrogens with zero attached hydrogens (tertiary/aromatic N) is 1. The number of carbonyl (C=O) groups excluding carboxylic acids is 1. The first-order chi connectivity index (χ1) is 8.65. The molecule has 0 aliphatic rings. The molecule has 2 rings (SSSR count). The Morgan fingerprint density at radius 3 is 2.56 bits per heavy atom. The summed E-state index contributed by atoms with van der Waals surface area (Å²) >= 11 is 0. The van der Waals surface area contributed by atoms with Crippen LogP contribution in [0.5, 0.6) is 0 Å². The van der Waals surface area contributed by atoms with Gasteiger partial charge >= 0.3 is 6.03 Å². The van der Waals surface area contributed by atoms with Crippen molar-refractivity contribution in [3.8, 4) is 0 Å². The molecule has 5 nitrogen and oxygen atoms in total. The molecule has 0 bridgehead atoms. The molecule has 0 fully saturated rings. The van der Waals surface area contributed by atoms with Gasteiger partial charge in [0.1, 0.15) is 5.76 Å². The monoisotopic (exact) mass is 245 g/mol. The zero-order valence-corrected chi connectivity index (χ0v) is 10.3. The van der Waals surface area contributed by atoms with E-state index in [1.807, 2.05) is 44.2 Å². The zero-order chi connectivity index (χ0) is 13.0.